The number of aryl methyl sites for hydroxylation is 2. The SMILES string of the molecule is COCCCn1c(C(=O)N[C@H](C)c2ccccc2)cc2c(=O)n3cccc(C)c3nc21. The van der Waals surface area contributed by atoms with E-state index in [1.54, 1.807) is 19.4 Å². The zero-order valence-corrected chi connectivity index (χ0v) is 18.0. The number of methoxy groups -OCH3 is 1. The van der Waals surface area contributed by atoms with E-state index in [2.05, 4.69) is 5.32 Å². The topological polar surface area (TPSA) is 77.6 Å². The van der Waals surface area contributed by atoms with Gasteiger partial charge in [0.15, 0.2) is 0 Å². The summed E-state index contributed by atoms with van der Waals surface area (Å²) in [6.45, 7) is 4.93. The van der Waals surface area contributed by atoms with Crippen molar-refractivity contribution >= 4 is 22.6 Å². The van der Waals surface area contributed by atoms with E-state index in [-0.39, 0.29) is 17.5 Å². The summed E-state index contributed by atoms with van der Waals surface area (Å²) in [4.78, 5) is 31.1. The average molecular weight is 418 g/mol. The number of carbonyl (C=O) groups excluding carboxylic acids is 1. The van der Waals surface area contributed by atoms with Crippen LogP contribution in [0.25, 0.3) is 16.7 Å². The van der Waals surface area contributed by atoms with Gasteiger partial charge in [-0.2, -0.15) is 0 Å². The van der Waals surface area contributed by atoms with Crippen molar-refractivity contribution in [2.45, 2.75) is 32.9 Å². The molecule has 4 aromatic rings. The fraction of sp³-hybridized carbons (Fsp3) is 0.292. The van der Waals surface area contributed by atoms with Gasteiger partial charge in [-0.3, -0.25) is 14.0 Å². The number of nitrogens with zero attached hydrogens (tertiary/aromatic N) is 3. The third-order valence-corrected chi connectivity index (χ3v) is 5.50. The molecule has 0 aliphatic heterocycles. The molecule has 160 valence electrons. The van der Waals surface area contributed by atoms with E-state index < -0.39 is 0 Å². The second-order valence-electron chi connectivity index (χ2n) is 7.67. The van der Waals surface area contributed by atoms with Gasteiger partial charge < -0.3 is 14.6 Å². The van der Waals surface area contributed by atoms with E-state index in [9.17, 15) is 9.59 Å². The highest BCUT2D eigenvalue weighted by molar-refractivity contribution is 5.98. The lowest BCUT2D eigenvalue weighted by Gasteiger charge is -2.16. The largest absolute Gasteiger partial charge is 0.385 e. The number of hydrogen-bond donors (Lipinski definition) is 1. The number of hydrogen-bond acceptors (Lipinski definition) is 4. The van der Waals surface area contributed by atoms with E-state index in [4.69, 9.17) is 9.72 Å². The molecule has 0 spiro atoms. The quantitative estimate of drug-likeness (QED) is 0.466. The molecule has 0 radical (unpaired) electrons. The molecular weight excluding hydrogens is 392 g/mol. The summed E-state index contributed by atoms with van der Waals surface area (Å²) < 4.78 is 8.55. The van der Waals surface area contributed by atoms with Gasteiger partial charge in [-0.25, -0.2) is 4.98 Å². The van der Waals surface area contributed by atoms with E-state index in [0.717, 1.165) is 11.1 Å². The highest BCUT2D eigenvalue weighted by Crippen LogP contribution is 2.20. The van der Waals surface area contributed by atoms with Gasteiger partial charge in [0.2, 0.25) is 0 Å². The first-order valence-electron chi connectivity index (χ1n) is 10.4. The number of pyridine rings is 1. The summed E-state index contributed by atoms with van der Waals surface area (Å²) in [6.07, 6.45) is 2.40. The van der Waals surface area contributed by atoms with Crippen molar-refractivity contribution in [2.75, 3.05) is 13.7 Å². The Balaban J connectivity index is 1.81. The summed E-state index contributed by atoms with van der Waals surface area (Å²) in [6, 6.07) is 15.0. The molecule has 3 aromatic heterocycles. The molecule has 0 saturated carbocycles. The number of fused-ring (bicyclic) bond motifs is 2. The minimum atomic E-state index is -0.239. The van der Waals surface area contributed by atoms with Crippen molar-refractivity contribution in [3.63, 3.8) is 0 Å². The van der Waals surface area contributed by atoms with E-state index in [0.29, 0.717) is 41.9 Å². The van der Waals surface area contributed by atoms with Crippen LogP contribution in [0.4, 0.5) is 0 Å². The van der Waals surface area contributed by atoms with Gasteiger partial charge in [-0.05, 0) is 43.5 Å². The molecule has 0 fully saturated rings. The van der Waals surface area contributed by atoms with Gasteiger partial charge in [-0.15, -0.1) is 0 Å². The smallest absolute Gasteiger partial charge is 0.268 e. The summed E-state index contributed by atoms with van der Waals surface area (Å²) in [5.74, 6) is -0.239. The Hall–Kier alpha value is -3.45. The van der Waals surface area contributed by atoms with Gasteiger partial charge in [0.05, 0.1) is 11.4 Å². The average Bonchev–Trinajstić information content (AvgIpc) is 3.14. The second kappa shape index (κ2) is 8.73. The predicted octanol–water partition coefficient (Wildman–Crippen LogP) is 3.49. The number of carbonyl (C=O) groups is 1. The normalized spacial score (nSPS) is 12.4. The van der Waals surface area contributed by atoms with Crippen LogP contribution < -0.4 is 10.9 Å². The van der Waals surface area contributed by atoms with Crippen LogP contribution in [0.1, 0.15) is 41.0 Å². The van der Waals surface area contributed by atoms with Gasteiger partial charge >= 0.3 is 0 Å². The standard InChI is InChI=1S/C24H26N4O3/c1-16-9-7-12-28-21(16)26-22-19(24(28)30)15-20(27(22)13-8-14-31-3)23(29)25-17(2)18-10-5-4-6-11-18/h4-7,9-12,15,17H,8,13-14H2,1-3H3,(H,25,29)/t17-/m1/s1. The Morgan fingerprint density at radius 1 is 1.16 bits per heavy atom. The highest BCUT2D eigenvalue weighted by Gasteiger charge is 2.21. The Morgan fingerprint density at radius 3 is 2.68 bits per heavy atom. The minimum Gasteiger partial charge on any atom is -0.385 e. The van der Waals surface area contributed by atoms with Gasteiger partial charge in [0.25, 0.3) is 11.5 Å². The third kappa shape index (κ3) is 3.96. The maximum absolute atomic E-state index is 13.2. The van der Waals surface area contributed by atoms with Crippen molar-refractivity contribution in [1.29, 1.82) is 0 Å². The van der Waals surface area contributed by atoms with Gasteiger partial charge in [-0.1, -0.05) is 36.4 Å². The molecule has 1 atom stereocenters. The van der Waals surface area contributed by atoms with Crippen LogP contribution in [0.2, 0.25) is 0 Å². The first kappa shape index (κ1) is 20.8. The molecule has 0 aliphatic carbocycles. The molecule has 4 rings (SSSR count). The number of aromatic nitrogens is 3. The highest BCUT2D eigenvalue weighted by atomic mass is 16.5. The molecular formula is C24H26N4O3. The molecule has 31 heavy (non-hydrogen) atoms. The molecule has 7 nitrogen and oxygen atoms in total. The van der Waals surface area contributed by atoms with Crippen molar-refractivity contribution < 1.29 is 9.53 Å². The molecule has 1 aromatic carbocycles. The van der Waals surface area contributed by atoms with Crippen LogP contribution in [-0.4, -0.2) is 33.6 Å². The van der Waals surface area contributed by atoms with Crippen LogP contribution >= 0.6 is 0 Å². The van der Waals surface area contributed by atoms with Crippen molar-refractivity contribution in [3.8, 4) is 0 Å². The van der Waals surface area contributed by atoms with E-state index >= 15 is 0 Å². The fourth-order valence-corrected chi connectivity index (χ4v) is 3.84. The number of nitrogens with one attached hydrogen (secondary N) is 1. The van der Waals surface area contributed by atoms with Crippen LogP contribution in [0, 0.1) is 6.92 Å². The van der Waals surface area contributed by atoms with Crippen LogP contribution in [0.5, 0.6) is 0 Å². The van der Waals surface area contributed by atoms with Crippen molar-refractivity contribution in [2.24, 2.45) is 0 Å². The number of ether oxygens (including phenoxy) is 1. The van der Waals surface area contributed by atoms with Crippen molar-refractivity contribution in [3.05, 3.63) is 81.9 Å². The lowest BCUT2D eigenvalue weighted by Crippen LogP contribution is -2.28. The predicted molar refractivity (Wildman–Crippen MR) is 121 cm³/mol. The molecule has 1 N–H and O–H groups in total. The molecule has 0 bridgehead atoms. The van der Waals surface area contributed by atoms with Crippen LogP contribution in [0.15, 0.2) is 59.5 Å². The lowest BCUT2D eigenvalue weighted by atomic mass is 10.1. The monoisotopic (exact) mass is 418 g/mol. The van der Waals surface area contributed by atoms with Crippen LogP contribution in [-0.2, 0) is 11.3 Å². The summed E-state index contributed by atoms with van der Waals surface area (Å²) >= 11 is 0. The molecule has 0 unspecified atom stereocenters. The molecule has 1 amide bonds. The Labute approximate surface area is 180 Å². The molecule has 3 heterocycles. The fourth-order valence-electron chi connectivity index (χ4n) is 3.84. The van der Waals surface area contributed by atoms with E-state index in [1.807, 2.05) is 60.9 Å². The lowest BCUT2D eigenvalue weighted by molar-refractivity contribution is 0.0929. The summed E-state index contributed by atoms with van der Waals surface area (Å²) in [7, 11) is 1.64. The molecule has 0 saturated heterocycles. The first-order valence-corrected chi connectivity index (χ1v) is 10.4. The minimum absolute atomic E-state index is 0.172. The number of rotatable bonds is 7. The van der Waals surface area contributed by atoms with E-state index in [1.165, 1.54) is 4.40 Å². The summed E-state index contributed by atoms with van der Waals surface area (Å²) in [5.41, 5.74) is 3.27. The Kier molecular flexibility index (Phi) is 5.86. The Morgan fingerprint density at radius 2 is 1.94 bits per heavy atom. The maximum atomic E-state index is 13.2. The number of benzene rings is 1. The Bertz CT molecular complexity index is 1290. The second-order valence-corrected chi connectivity index (χ2v) is 7.67. The summed E-state index contributed by atoms with van der Waals surface area (Å²) in [5, 5.41) is 3.48. The van der Waals surface area contributed by atoms with Gasteiger partial charge in [0, 0.05) is 26.5 Å². The maximum Gasteiger partial charge on any atom is 0.268 e. The van der Waals surface area contributed by atoms with Gasteiger partial charge in [0.1, 0.15) is 17.0 Å². The van der Waals surface area contributed by atoms with Crippen molar-refractivity contribution in [1.82, 2.24) is 19.3 Å². The molecule has 0 aliphatic rings. The van der Waals surface area contributed by atoms with Crippen LogP contribution in [0.3, 0.4) is 0 Å². The number of amides is 1. The zero-order chi connectivity index (χ0) is 22.0. The zero-order valence-electron chi connectivity index (χ0n) is 18.0. The molecule has 7 heteroatoms. The third-order valence-electron chi connectivity index (χ3n) is 5.50. The first-order chi connectivity index (χ1) is 15.0.